The van der Waals surface area contributed by atoms with Crippen molar-refractivity contribution in [2.45, 2.75) is 25.7 Å². The van der Waals surface area contributed by atoms with E-state index in [4.69, 9.17) is 11.5 Å². The van der Waals surface area contributed by atoms with Crippen molar-refractivity contribution in [3.8, 4) is 0 Å². The second-order valence-corrected chi connectivity index (χ2v) is 1.68. The predicted octanol–water partition coefficient (Wildman–Crippen LogP) is 0.327. The van der Waals surface area contributed by atoms with E-state index in [1.807, 2.05) is 6.92 Å². The monoisotopic (exact) mass is 106 g/mol. The van der Waals surface area contributed by atoms with Gasteiger partial charge >= 0.3 is 0 Å². The van der Waals surface area contributed by atoms with Gasteiger partial charge in [-0.05, 0) is 0 Å². The van der Waals surface area contributed by atoms with Gasteiger partial charge in [-0.15, -0.1) is 0 Å². The summed E-state index contributed by atoms with van der Waals surface area (Å²) in [5.41, 5.74) is 9.51. The second-order valence-electron chi connectivity index (χ2n) is 1.68. The third-order valence-corrected chi connectivity index (χ3v) is 0.633. The Labute approximate surface area is 42.7 Å². The van der Waals surface area contributed by atoms with Crippen LogP contribution in [0, 0.1) is 0 Å². The summed E-state index contributed by atoms with van der Waals surface area (Å²) in [5, 5.41) is 0. The van der Waals surface area contributed by atoms with E-state index in [2.05, 4.69) is 0 Å². The van der Waals surface area contributed by atoms with Gasteiger partial charge in [0.2, 0.25) is 5.92 Å². The zero-order chi connectivity index (χ0) is 5.91. The quantitative estimate of drug-likeness (QED) is 0.393. The van der Waals surface area contributed by atoms with E-state index in [0.29, 0.717) is 6.42 Å². The molecule has 0 saturated carbocycles. The first-order valence-electron chi connectivity index (χ1n) is 2.33. The minimum absolute atomic E-state index is 0.229. The number of halogens is 1. The van der Waals surface area contributed by atoms with Crippen LogP contribution in [0.25, 0.3) is 0 Å². The molecule has 0 aromatic carbocycles. The molecule has 3 heteroatoms. The minimum atomic E-state index is -1.95. The number of hydrogen-bond acceptors (Lipinski definition) is 2. The Bertz CT molecular complexity index is 48.1. The molecule has 0 heterocycles. The first kappa shape index (κ1) is 6.85. The van der Waals surface area contributed by atoms with Crippen molar-refractivity contribution >= 4 is 0 Å². The van der Waals surface area contributed by atoms with Crippen LogP contribution in [0.1, 0.15) is 19.8 Å². The van der Waals surface area contributed by atoms with Crippen LogP contribution < -0.4 is 11.5 Å². The Balaban J connectivity index is 3.15. The van der Waals surface area contributed by atoms with Crippen molar-refractivity contribution in [3.05, 3.63) is 0 Å². The Morgan fingerprint density at radius 3 is 2.00 bits per heavy atom. The first-order valence-corrected chi connectivity index (χ1v) is 2.33. The number of alkyl halides is 1. The maximum Gasteiger partial charge on any atom is 0.210 e. The third kappa shape index (κ3) is 5.85. The van der Waals surface area contributed by atoms with Gasteiger partial charge in [-0.25, -0.2) is 4.39 Å². The molecule has 0 aromatic heterocycles. The lowest BCUT2D eigenvalue weighted by atomic mass is 10.3. The average Bonchev–Trinajstić information content (AvgIpc) is 1.30. The first-order chi connectivity index (χ1) is 3.06. The Hall–Kier alpha value is -0.150. The molecular weight excluding hydrogens is 95.1 g/mol. The molecule has 0 radical (unpaired) electrons. The van der Waals surface area contributed by atoms with Gasteiger partial charge in [-0.3, -0.25) is 11.5 Å². The van der Waals surface area contributed by atoms with Gasteiger partial charge in [0.25, 0.3) is 0 Å². The fraction of sp³-hybridized carbons (Fsp3) is 1.00. The maximum atomic E-state index is 11.9. The topological polar surface area (TPSA) is 52.0 Å². The summed E-state index contributed by atoms with van der Waals surface area (Å²) in [6, 6.07) is 0. The van der Waals surface area contributed by atoms with Crippen LogP contribution in [0.2, 0.25) is 0 Å². The standard InChI is InChI=1S/C4H11FN2/c1-2-3-4(5,6)7/h2-3,6-7H2,1H3. The molecule has 0 aliphatic rings. The molecule has 0 rings (SSSR count). The highest BCUT2D eigenvalue weighted by molar-refractivity contribution is 4.58. The highest BCUT2D eigenvalue weighted by Gasteiger charge is 2.12. The molecule has 0 aliphatic carbocycles. The second kappa shape index (κ2) is 2.23. The van der Waals surface area contributed by atoms with E-state index in [1.165, 1.54) is 0 Å². The lowest BCUT2D eigenvalue weighted by molar-refractivity contribution is 0.167. The maximum absolute atomic E-state index is 11.9. The molecule has 2 nitrogen and oxygen atoms in total. The molecule has 0 saturated heterocycles. The lowest BCUT2D eigenvalue weighted by Gasteiger charge is -2.10. The summed E-state index contributed by atoms with van der Waals surface area (Å²) >= 11 is 0. The van der Waals surface area contributed by atoms with Crippen molar-refractivity contribution in [2.75, 3.05) is 0 Å². The molecule has 0 aromatic rings. The van der Waals surface area contributed by atoms with Crippen molar-refractivity contribution in [1.82, 2.24) is 0 Å². The highest BCUT2D eigenvalue weighted by atomic mass is 19.1. The number of nitrogens with two attached hydrogens (primary N) is 2. The summed E-state index contributed by atoms with van der Waals surface area (Å²) in [6.07, 6.45) is 0.913. The fourth-order valence-corrected chi connectivity index (χ4v) is 0.383. The Kier molecular flexibility index (Phi) is 2.19. The summed E-state index contributed by atoms with van der Waals surface area (Å²) in [4.78, 5) is 0. The third-order valence-electron chi connectivity index (χ3n) is 0.633. The van der Waals surface area contributed by atoms with E-state index in [0.717, 1.165) is 0 Å². The smallest absolute Gasteiger partial charge is 0.210 e. The molecular formula is C4H11FN2. The largest absolute Gasteiger partial charge is 0.287 e. The van der Waals surface area contributed by atoms with E-state index >= 15 is 0 Å². The molecule has 0 bridgehead atoms. The Morgan fingerprint density at radius 2 is 2.00 bits per heavy atom. The van der Waals surface area contributed by atoms with Gasteiger partial charge in [0.15, 0.2) is 0 Å². The van der Waals surface area contributed by atoms with Gasteiger partial charge in [-0.2, -0.15) is 0 Å². The van der Waals surface area contributed by atoms with Gasteiger partial charge < -0.3 is 0 Å². The molecule has 44 valence electrons. The number of hydrogen-bond donors (Lipinski definition) is 2. The van der Waals surface area contributed by atoms with E-state index in [1.54, 1.807) is 0 Å². The summed E-state index contributed by atoms with van der Waals surface area (Å²) < 4.78 is 11.9. The van der Waals surface area contributed by atoms with E-state index in [-0.39, 0.29) is 6.42 Å². The van der Waals surface area contributed by atoms with Gasteiger partial charge in [0.05, 0.1) is 0 Å². The van der Waals surface area contributed by atoms with E-state index in [9.17, 15) is 4.39 Å². The molecule has 7 heavy (non-hydrogen) atoms. The van der Waals surface area contributed by atoms with Crippen LogP contribution in [-0.4, -0.2) is 5.92 Å². The van der Waals surface area contributed by atoms with Crippen LogP contribution in [-0.2, 0) is 0 Å². The van der Waals surface area contributed by atoms with Crippen LogP contribution in [0.15, 0.2) is 0 Å². The fourth-order valence-electron chi connectivity index (χ4n) is 0.383. The van der Waals surface area contributed by atoms with Crippen LogP contribution >= 0.6 is 0 Å². The van der Waals surface area contributed by atoms with Crippen LogP contribution in [0.3, 0.4) is 0 Å². The molecule has 0 spiro atoms. The molecule has 0 unspecified atom stereocenters. The van der Waals surface area contributed by atoms with Crippen molar-refractivity contribution in [1.29, 1.82) is 0 Å². The van der Waals surface area contributed by atoms with Crippen molar-refractivity contribution in [3.63, 3.8) is 0 Å². The molecule has 0 aliphatic heterocycles. The molecule has 0 amide bonds. The SMILES string of the molecule is CCCC(N)(N)F. The predicted molar refractivity (Wildman–Crippen MR) is 27.1 cm³/mol. The zero-order valence-electron chi connectivity index (χ0n) is 4.45. The number of rotatable bonds is 2. The molecule has 0 fully saturated rings. The average molecular weight is 106 g/mol. The summed E-state index contributed by atoms with van der Waals surface area (Å²) in [5.74, 6) is -1.95. The summed E-state index contributed by atoms with van der Waals surface area (Å²) in [6.45, 7) is 1.83. The van der Waals surface area contributed by atoms with E-state index < -0.39 is 5.92 Å². The normalized spacial score (nSPS) is 12.0. The van der Waals surface area contributed by atoms with Crippen molar-refractivity contribution < 1.29 is 4.39 Å². The highest BCUT2D eigenvalue weighted by Crippen LogP contribution is 2.00. The van der Waals surface area contributed by atoms with Gasteiger partial charge in [0, 0.05) is 6.42 Å². The Morgan fingerprint density at radius 1 is 1.57 bits per heavy atom. The molecule has 0 atom stereocenters. The minimum Gasteiger partial charge on any atom is -0.287 e. The summed E-state index contributed by atoms with van der Waals surface area (Å²) in [7, 11) is 0. The van der Waals surface area contributed by atoms with Gasteiger partial charge in [0.1, 0.15) is 0 Å². The van der Waals surface area contributed by atoms with Crippen LogP contribution in [0.5, 0.6) is 0 Å². The van der Waals surface area contributed by atoms with Crippen LogP contribution in [0.4, 0.5) is 4.39 Å². The zero-order valence-corrected chi connectivity index (χ0v) is 4.45. The lowest BCUT2D eigenvalue weighted by Crippen LogP contribution is -2.44. The van der Waals surface area contributed by atoms with Crippen molar-refractivity contribution in [2.24, 2.45) is 11.5 Å². The molecule has 4 N–H and O–H groups in total. The van der Waals surface area contributed by atoms with Gasteiger partial charge in [-0.1, -0.05) is 13.3 Å².